The van der Waals surface area contributed by atoms with Gasteiger partial charge in [-0.2, -0.15) is 0 Å². The second-order valence-corrected chi connectivity index (χ2v) is 2.92. The zero-order valence-corrected chi connectivity index (χ0v) is 8.20. The van der Waals surface area contributed by atoms with Gasteiger partial charge in [-0.15, -0.1) is 0 Å². The number of anilines is 1. The van der Waals surface area contributed by atoms with Gasteiger partial charge in [-0.3, -0.25) is 14.4 Å². The molecular formula is C9H10FN3O3. The number of nitrogen functional groups attached to an aromatic ring is 1. The van der Waals surface area contributed by atoms with E-state index in [0.717, 1.165) is 6.07 Å². The van der Waals surface area contributed by atoms with Crippen LogP contribution in [0.3, 0.4) is 0 Å². The Balaban J connectivity index is 2.59. The number of nitrogens with one attached hydrogen (secondary N) is 1. The van der Waals surface area contributed by atoms with Gasteiger partial charge in [-0.25, -0.2) is 9.87 Å². The van der Waals surface area contributed by atoms with Gasteiger partial charge in [0, 0.05) is 5.56 Å². The first-order valence-corrected chi connectivity index (χ1v) is 4.26. The molecule has 0 fully saturated rings. The molecular weight excluding hydrogens is 217 g/mol. The summed E-state index contributed by atoms with van der Waals surface area (Å²) in [4.78, 5) is 26.0. The first-order chi connectivity index (χ1) is 7.50. The molecule has 0 aliphatic heterocycles. The fourth-order valence-electron chi connectivity index (χ4n) is 0.900. The lowest BCUT2D eigenvalue weighted by Crippen LogP contribution is -2.29. The van der Waals surface area contributed by atoms with Crippen molar-refractivity contribution in [2.45, 2.75) is 0 Å². The van der Waals surface area contributed by atoms with E-state index in [1.807, 2.05) is 5.48 Å². The predicted molar refractivity (Wildman–Crippen MR) is 53.4 cm³/mol. The molecule has 0 unspecified atom stereocenters. The van der Waals surface area contributed by atoms with Crippen molar-refractivity contribution in [1.29, 1.82) is 0 Å². The van der Waals surface area contributed by atoms with Crippen LogP contribution in [0.4, 0.5) is 10.1 Å². The Morgan fingerprint density at radius 3 is 2.69 bits per heavy atom. The predicted octanol–water partition coefficient (Wildman–Crippen LogP) is -0.445. The van der Waals surface area contributed by atoms with E-state index >= 15 is 0 Å². The third kappa shape index (κ3) is 3.21. The smallest absolute Gasteiger partial charge is 0.274 e. The monoisotopic (exact) mass is 227 g/mol. The highest BCUT2D eigenvalue weighted by Gasteiger charge is 2.08. The van der Waals surface area contributed by atoms with Crippen molar-refractivity contribution in [2.75, 3.05) is 12.3 Å². The molecule has 1 aromatic rings. The summed E-state index contributed by atoms with van der Waals surface area (Å²) in [6.07, 6.45) is 0. The van der Waals surface area contributed by atoms with Crippen molar-refractivity contribution in [3.8, 4) is 0 Å². The summed E-state index contributed by atoms with van der Waals surface area (Å²) in [5.74, 6) is -2.13. The number of hydrogen-bond donors (Lipinski definition) is 3. The maximum atomic E-state index is 13.0. The van der Waals surface area contributed by atoms with Crippen molar-refractivity contribution in [3.05, 3.63) is 29.6 Å². The number of carbonyl (C=O) groups excluding carboxylic acids is 2. The molecule has 0 atom stereocenters. The summed E-state index contributed by atoms with van der Waals surface area (Å²) < 4.78 is 13.0. The summed E-state index contributed by atoms with van der Waals surface area (Å²) in [5, 5.41) is 0. The number of rotatable bonds is 4. The Bertz CT molecular complexity index is 422. The molecule has 0 spiro atoms. The second kappa shape index (κ2) is 5.08. The molecule has 6 nitrogen and oxygen atoms in total. The molecule has 2 amide bonds. The van der Waals surface area contributed by atoms with E-state index in [9.17, 15) is 14.0 Å². The molecule has 1 rings (SSSR count). The Hall–Kier alpha value is -2.15. The Kier molecular flexibility index (Phi) is 3.78. The van der Waals surface area contributed by atoms with E-state index in [2.05, 4.69) is 4.84 Å². The van der Waals surface area contributed by atoms with E-state index in [4.69, 9.17) is 11.5 Å². The Morgan fingerprint density at radius 2 is 2.12 bits per heavy atom. The zero-order chi connectivity index (χ0) is 12.1. The molecule has 5 N–H and O–H groups in total. The summed E-state index contributed by atoms with van der Waals surface area (Å²) >= 11 is 0. The largest absolute Gasteiger partial charge is 0.396 e. The van der Waals surface area contributed by atoms with Gasteiger partial charge in [0.1, 0.15) is 5.82 Å². The van der Waals surface area contributed by atoms with Crippen molar-refractivity contribution in [2.24, 2.45) is 5.73 Å². The van der Waals surface area contributed by atoms with Gasteiger partial charge >= 0.3 is 0 Å². The minimum Gasteiger partial charge on any atom is -0.396 e. The molecule has 16 heavy (non-hydrogen) atoms. The first kappa shape index (κ1) is 11.9. The fraction of sp³-hybridized carbons (Fsp3) is 0.111. The minimum atomic E-state index is -0.733. The third-order valence-electron chi connectivity index (χ3n) is 1.64. The highest BCUT2D eigenvalue weighted by Crippen LogP contribution is 2.11. The van der Waals surface area contributed by atoms with Crippen LogP contribution in [0.1, 0.15) is 10.4 Å². The molecule has 0 aliphatic carbocycles. The lowest BCUT2D eigenvalue weighted by atomic mass is 10.2. The minimum absolute atomic E-state index is 0.0242. The number of primary amides is 1. The Labute approximate surface area is 90.3 Å². The standard InChI is InChI=1S/C9H10FN3O3/c10-6-3-5(1-2-7(6)11)9(15)13-16-4-8(12)14/h1-3H,4,11H2,(H2,12,14)(H,13,15). The van der Waals surface area contributed by atoms with Gasteiger partial charge in [-0.1, -0.05) is 0 Å². The molecule has 0 radical (unpaired) electrons. The van der Waals surface area contributed by atoms with E-state index in [0.29, 0.717) is 0 Å². The summed E-state index contributed by atoms with van der Waals surface area (Å²) in [7, 11) is 0. The average Bonchev–Trinajstić information content (AvgIpc) is 2.21. The zero-order valence-electron chi connectivity index (χ0n) is 8.20. The molecule has 0 saturated heterocycles. The van der Waals surface area contributed by atoms with Crippen molar-refractivity contribution < 1.29 is 18.8 Å². The maximum absolute atomic E-state index is 13.0. The van der Waals surface area contributed by atoms with Crippen LogP contribution < -0.4 is 16.9 Å². The second-order valence-electron chi connectivity index (χ2n) is 2.92. The van der Waals surface area contributed by atoms with Crippen LogP contribution >= 0.6 is 0 Å². The van der Waals surface area contributed by atoms with Crippen LogP contribution in [0.2, 0.25) is 0 Å². The van der Waals surface area contributed by atoms with Gasteiger partial charge in [0.05, 0.1) is 5.69 Å². The van der Waals surface area contributed by atoms with Gasteiger partial charge in [0.15, 0.2) is 6.61 Å². The number of benzene rings is 1. The number of carbonyl (C=O) groups is 2. The Morgan fingerprint density at radius 1 is 1.44 bits per heavy atom. The average molecular weight is 227 g/mol. The normalized spacial score (nSPS) is 9.81. The van der Waals surface area contributed by atoms with E-state index in [1.54, 1.807) is 0 Å². The number of hydroxylamine groups is 1. The third-order valence-corrected chi connectivity index (χ3v) is 1.64. The van der Waals surface area contributed by atoms with Gasteiger partial charge in [0.25, 0.3) is 5.91 Å². The number of amides is 2. The SMILES string of the molecule is NC(=O)CONC(=O)c1ccc(N)c(F)c1. The highest BCUT2D eigenvalue weighted by atomic mass is 19.1. The maximum Gasteiger partial charge on any atom is 0.274 e. The van der Waals surface area contributed by atoms with Crippen LogP contribution in [0.5, 0.6) is 0 Å². The molecule has 0 saturated carbocycles. The van der Waals surface area contributed by atoms with Gasteiger partial charge < -0.3 is 11.5 Å². The fourth-order valence-corrected chi connectivity index (χ4v) is 0.900. The molecule has 0 aromatic heterocycles. The first-order valence-electron chi connectivity index (χ1n) is 4.26. The number of nitrogens with two attached hydrogens (primary N) is 2. The lowest BCUT2D eigenvalue weighted by molar-refractivity contribution is -0.124. The lowest BCUT2D eigenvalue weighted by Gasteiger charge is -2.04. The molecule has 0 aliphatic rings. The van der Waals surface area contributed by atoms with Gasteiger partial charge in [0.2, 0.25) is 5.91 Å². The van der Waals surface area contributed by atoms with E-state index < -0.39 is 24.2 Å². The molecule has 0 bridgehead atoms. The van der Waals surface area contributed by atoms with Crippen LogP contribution in [0.25, 0.3) is 0 Å². The van der Waals surface area contributed by atoms with Crippen molar-refractivity contribution in [3.63, 3.8) is 0 Å². The molecule has 7 heteroatoms. The van der Waals surface area contributed by atoms with Crippen molar-refractivity contribution >= 4 is 17.5 Å². The highest BCUT2D eigenvalue weighted by molar-refractivity contribution is 5.93. The summed E-state index contributed by atoms with van der Waals surface area (Å²) in [6, 6.07) is 3.53. The van der Waals surface area contributed by atoms with E-state index in [-0.39, 0.29) is 11.3 Å². The number of halogens is 1. The van der Waals surface area contributed by atoms with E-state index in [1.165, 1.54) is 12.1 Å². The van der Waals surface area contributed by atoms with Gasteiger partial charge in [-0.05, 0) is 18.2 Å². The summed E-state index contributed by atoms with van der Waals surface area (Å²) in [5.41, 5.74) is 11.9. The van der Waals surface area contributed by atoms with Crippen LogP contribution in [0.15, 0.2) is 18.2 Å². The topological polar surface area (TPSA) is 107 Å². The quantitative estimate of drug-likeness (QED) is 0.478. The van der Waals surface area contributed by atoms with Crippen molar-refractivity contribution in [1.82, 2.24) is 5.48 Å². The van der Waals surface area contributed by atoms with Crippen LogP contribution in [0, 0.1) is 5.82 Å². The van der Waals surface area contributed by atoms with Crippen LogP contribution in [-0.4, -0.2) is 18.4 Å². The molecule has 86 valence electrons. The molecule has 1 aromatic carbocycles. The molecule has 0 heterocycles. The van der Waals surface area contributed by atoms with Crippen LogP contribution in [-0.2, 0) is 9.63 Å². The summed E-state index contributed by atoms with van der Waals surface area (Å²) in [6.45, 7) is -0.455. The number of hydrogen-bond acceptors (Lipinski definition) is 4.